The number of methoxy groups -OCH3 is 1. The van der Waals surface area contributed by atoms with Gasteiger partial charge in [-0.05, 0) is 55.3 Å². The van der Waals surface area contributed by atoms with Crippen molar-refractivity contribution < 1.29 is 22.7 Å². The Balaban J connectivity index is 1.62. The van der Waals surface area contributed by atoms with Crippen molar-refractivity contribution >= 4 is 21.8 Å². The van der Waals surface area contributed by atoms with E-state index in [2.05, 4.69) is 10.9 Å². The van der Waals surface area contributed by atoms with Crippen molar-refractivity contribution in [2.75, 3.05) is 20.2 Å². The van der Waals surface area contributed by atoms with Gasteiger partial charge in [0.25, 0.3) is 11.8 Å². The highest BCUT2D eigenvalue weighted by atomic mass is 32.2. The zero-order valence-electron chi connectivity index (χ0n) is 15.3. The molecule has 3 rings (SSSR count). The highest BCUT2D eigenvalue weighted by Gasteiger charge is 2.27. The number of carbonyl (C=O) groups excluding carboxylic acids is 2. The monoisotopic (exact) mass is 403 g/mol. The number of benzene rings is 2. The van der Waals surface area contributed by atoms with Crippen LogP contribution in [-0.4, -0.2) is 44.7 Å². The number of sulfonamides is 1. The van der Waals surface area contributed by atoms with Crippen molar-refractivity contribution in [2.45, 2.75) is 17.7 Å². The molecular formula is C19H21N3O5S. The average Bonchev–Trinajstić information content (AvgIpc) is 3.27. The minimum absolute atomic E-state index is 0.145. The van der Waals surface area contributed by atoms with Gasteiger partial charge in [0.1, 0.15) is 5.75 Å². The van der Waals surface area contributed by atoms with Crippen LogP contribution in [0.25, 0.3) is 0 Å². The molecule has 0 unspecified atom stereocenters. The second kappa shape index (κ2) is 8.41. The molecule has 0 aromatic heterocycles. The van der Waals surface area contributed by atoms with Crippen molar-refractivity contribution in [3.05, 3.63) is 59.7 Å². The molecule has 0 spiro atoms. The SMILES string of the molecule is COc1cccc(C(=O)NNC(=O)c2ccc(S(=O)(=O)N3CCCC3)cc2)c1. The van der Waals surface area contributed by atoms with Gasteiger partial charge in [0, 0.05) is 24.2 Å². The lowest BCUT2D eigenvalue weighted by atomic mass is 10.2. The Hall–Kier alpha value is -2.91. The molecule has 0 bridgehead atoms. The molecule has 148 valence electrons. The van der Waals surface area contributed by atoms with Gasteiger partial charge in [0.05, 0.1) is 12.0 Å². The number of nitrogens with one attached hydrogen (secondary N) is 2. The Kier molecular flexibility index (Phi) is 5.96. The van der Waals surface area contributed by atoms with Crippen molar-refractivity contribution in [3.63, 3.8) is 0 Å². The van der Waals surface area contributed by atoms with Crippen LogP contribution in [0.3, 0.4) is 0 Å². The van der Waals surface area contributed by atoms with Crippen LogP contribution in [0, 0.1) is 0 Å². The van der Waals surface area contributed by atoms with E-state index in [1.54, 1.807) is 24.3 Å². The number of nitrogens with zero attached hydrogens (tertiary/aromatic N) is 1. The van der Waals surface area contributed by atoms with Crippen LogP contribution in [0.1, 0.15) is 33.6 Å². The first kappa shape index (κ1) is 19.8. The first-order chi connectivity index (χ1) is 13.4. The maximum absolute atomic E-state index is 12.5. The predicted molar refractivity (Wildman–Crippen MR) is 102 cm³/mol. The third-order valence-electron chi connectivity index (χ3n) is 4.44. The van der Waals surface area contributed by atoms with Gasteiger partial charge in [-0.25, -0.2) is 8.42 Å². The second-order valence-electron chi connectivity index (χ2n) is 6.28. The highest BCUT2D eigenvalue weighted by molar-refractivity contribution is 7.89. The fourth-order valence-corrected chi connectivity index (χ4v) is 4.40. The van der Waals surface area contributed by atoms with Crippen LogP contribution in [-0.2, 0) is 10.0 Å². The summed E-state index contributed by atoms with van der Waals surface area (Å²) >= 11 is 0. The lowest BCUT2D eigenvalue weighted by Crippen LogP contribution is -2.41. The molecule has 1 aliphatic rings. The summed E-state index contributed by atoms with van der Waals surface area (Å²) in [6, 6.07) is 12.1. The maximum atomic E-state index is 12.5. The standard InChI is InChI=1S/C19H21N3O5S/c1-27-16-6-4-5-15(13-16)19(24)21-20-18(23)14-7-9-17(10-8-14)28(25,26)22-11-2-3-12-22/h4-10,13H,2-3,11-12H2,1H3,(H,20,23)(H,21,24). The van der Waals surface area contributed by atoms with E-state index in [9.17, 15) is 18.0 Å². The third kappa shape index (κ3) is 4.32. The molecule has 2 aromatic rings. The summed E-state index contributed by atoms with van der Waals surface area (Å²) in [5, 5.41) is 0. The van der Waals surface area contributed by atoms with Crippen molar-refractivity contribution in [3.8, 4) is 5.75 Å². The zero-order chi connectivity index (χ0) is 20.1. The minimum atomic E-state index is -3.53. The van der Waals surface area contributed by atoms with Crippen molar-refractivity contribution in [1.82, 2.24) is 15.2 Å². The molecule has 28 heavy (non-hydrogen) atoms. The van der Waals surface area contributed by atoms with Gasteiger partial charge in [-0.1, -0.05) is 6.07 Å². The summed E-state index contributed by atoms with van der Waals surface area (Å²) in [6.45, 7) is 1.03. The zero-order valence-corrected chi connectivity index (χ0v) is 16.2. The van der Waals surface area contributed by atoms with Crippen molar-refractivity contribution in [1.29, 1.82) is 0 Å². The van der Waals surface area contributed by atoms with Crippen LogP contribution in [0.4, 0.5) is 0 Å². The maximum Gasteiger partial charge on any atom is 0.269 e. The Bertz CT molecular complexity index is 967. The molecule has 9 heteroatoms. The first-order valence-electron chi connectivity index (χ1n) is 8.77. The number of amides is 2. The number of hydrogen-bond acceptors (Lipinski definition) is 5. The molecule has 0 radical (unpaired) electrons. The Morgan fingerprint density at radius 3 is 2.14 bits per heavy atom. The summed E-state index contributed by atoms with van der Waals surface area (Å²) in [5.41, 5.74) is 5.18. The topological polar surface area (TPSA) is 105 Å². The second-order valence-corrected chi connectivity index (χ2v) is 8.21. The molecule has 1 aliphatic heterocycles. The Morgan fingerprint density at radius 1 is 0.929 bits per heavy atom. The van der Waals surface area contributed by atoms with Gasteiger partial charge in [-0.3, -0.25) is 20.4 Å². The summed E-state index contributed by atoms with van der Waals surface area (Å²) in [4.78, 5) is 24.5. The molecule has 0 saturated carbocycles. The van der Waals surface area contributed by atoms with Gasteiger partial charge in [-0.2, -0.15) is 4.31 Å². The highest BCUT2D eigenvalue weighted by Crippen LogP contribution is 2.21. The quantitative estimate of drug-likeness (QED) is 0.737. The van der Waals surface area contributed by atoms with Crippen LogP contribution >= 0.6 is 0 Å². The van der Waals surface area contributed by atoms with Crippen LogP contribution in [0.15, 0.2) is 53.4 Å². The number of carbonyl (C=O) groups is 2. The van der Waals surface area contributed by atoms with E-state index in [0.717, 1.165) is 12.8 Å². The Morgan fingerprint density at radius 2 is 1.54 bits per heavy atom. The summed E-state index contributed by atoms with van der Waals surface area (Å²) in [7, 11) is -2.04. The predicted octanol–water partition coefficient (Wildman–Crippen LogP) is 1.55. The lowest BCUT2D eigenvalue weighted by molar-refractivity contribution is 0.0846. The fraction of sp³-hybridized carbons (Fsp3) is 0.263. The normalized spacial score (nSPS) is 14.5. The van der Waals surface area contributed by atoms with Crippen LogP contribution < -0.4 is 15.6 Å². The smallest absolute Gasteiger partial charge is 0.269 e. The van der Waals surface area contributed by atoms with Gasteiger partial charge in [0.15, 0.2) is 0 Å². The molecule has 8 nitrogen and oxygen atoms in total. The lowest BCUT2D eigenvalue weighted by Gasteiger charge is -2.15. The fourth-order valence-electron chi connectivity index (χ4n) is 2.88. The van der Waals surface area contributed by atoms with E-state index in [1.165, 1.54) is 35.7 Å². The largest absolute Gasteiger partial charge is 0.497 e. The van der Waals surface area contributed by atoms with E-state index in [1.807, 2.05) is 0 Å². The molecule has 2 N–H and O–H groups in total. The first-order valence-corrected chi connectivity index (χ1v) is 10.2. The molecule has 0 atom stereocenters. The van der Waals surface area contributed by atoms with Crippen LogP contribution in [0.5, 0.6) is 5.75 Å². The number of hydrazine groups is 1. The number of ether oxygens (including phenoxy) is 1. The average molecular weight is 403 g/mol. The van der Waals surface area contributed by atoms with Gasteiger partial charge in [-0.15, -0.1) is 0 Å². The molecule has 2 amide bonds. The van der Waals surface area contributed by atoms with Gasteiger partial charge >= 0.3 is 0 Å². The molecular weight excluding hydrogens is 382 g/mol. The number of rotatable bonds is 5. The molecule has 0 aliphatic carbocycles. The summed E-state index contributed by atoms with van der Waals surface area (Å²) < 4.78 is 31.5. The summed E-state index contributed by atoms with van der Waals surface area (Å²) in [6.07, 6.45) is 1.71. The van der Waals surface area contributed by atoms with Crippen molar-refractivity contribution in [2.24, 2.45) is 0 Å². The van der Waals surface area contributed by atoms with E-state index in [4.69, 9.17) is 4.74 Å². The number of hydrogen-bond donors (Lipinski definition) is 2. The Labute approximate surface area is 163 Å². The van der Waals surface area contributed by atoms with E-state index in [0.29, 0.717) is 24.4 Å². The van der Waals surface area contributed by atoms with E-state index >= 15 is 0 Å². The van der Waals surface area contributed by atoms with E-state index < -0.39 is 21.8 Å². The van der Waals surface area contributed by atoms with Gasteiger partial charge < -0.3 is 4.74 Å². The molecule has 2 aromatic carbocycles. The molecule has 1 heterocycles. The van der Waals surface area contributed by atoms with Crippen LogP contribution in [0.2, 0.25) is 0 Å². The molecule has 1 saturated heterocycles. The third-order valence-corrected chi connectivity index (χ3v) is 6.35. The molecule has 1 fully saturated rings. The minimum Gasteiger partial charge on any atom is -0.497 e. The summed E-state index contributed by atoms with van der Waals surface area (Å²) in [5.74, 6) is -0.532. The van der Waals surface area contributed by atoms with E-state index in [-0.39, 0.29) is 10.5 Å². The van der Waals surface area contributed by atoms with Gasteiger partial charge in [0.2, 0.25) is 10.0 Å².